The van der Waals surface area contributed by atoms with Crippen molar-refractivity contribution in [3.05, 3.63) is 34.6 Å². The Morgan fingerprint density at radius 2 is 2.14 bits per heavy atom. The Labute approximate surface area is 132 Å². The smallest absolute Gasteiger partial charge is 0.141 e. The fraction of sp³-hybridized carbons (Fsp3) is 0.647. The summed E-state index contributed by atoms with van der Waals surface area (Å²) in [6.07, 6.45) is 4.83. The molecule has 1 aliphatic rings. The highest BCUT2D eigenvalue weighted by molar-refractivity contribution is 6.30. The van der Waals surface area contributed by atoms with Crippen LogP contribution in [-0.4, -0.2) is 25.3 Å². The summed E-state index contributed by atoms with van der Waals surface area (Å²) in [5.41, 5.74) is 1.09. The first kappa shape index (κ1) is 16.7. The van der Waals surface area contributed by atoms with Gasteiger partial charge in [0.05, 0.1) is 11.1 Å². The Kier molecular flexibility index (Phi) is 6.46. The zero-order valence-corrected chi connectivity index (χ0v) is 13.6. The summed E-state index contributed by atoms with van der Waals surface area (Å²) in [4.78, 5) is 0. The van der Waals surface area contributed by atoms with Gasteiger partial charge in [-0.3, -0.25) is 0 Å². The standard InChI is InChI=1S/C17H25ClFNO/c1-3-20-14(8-13-9-15(10-13)21-4-2)7-12-5-6-17(19)16(18)11-12/h5-6,11,13-15,20H,3-4,7-10H2,1-2H3. The SMILES string of the molecule is CCNC(Cc1ccc(F)c(Cl)c1)CC1CC(OCC)C1. The van der Waals surface area contributed by atoms with E-state index in [2.05, 4.69) is 12.2 Å². The van der Waals surface area contributed by atoms with Gasteiger partial charge in [0.2, 0.25) is 0 Å². The van der Waals surface area contributed by atoms with Crippen molar-refractivity contribution in [2.45, 2.75) is 51.7 Å². The van der Waals surface area contributed by atoms with Crippen molar-refractivity contribution in [2.24, 2.45) is 5.92 Å². The molecular weight excluding hydrogens is 289 g/mol. The second-order valence-electron chi connectivity index (χ2n) is 5.86. The van der Waals surface area contributed by atoms with Gasteiger partial charge in [0.25, 0.3) is 0 Å². The summed E-state index contributed by atoms with van der Waals surface area (Å²) < 4.78 is 18.8. The number of likely N-dealkylation sites (N-methyl/N-ethyl adjacent to an activating group) is 1. The predicted octanol–water partition coefficient (Wildman–Crippen LogP) is 4.20. The Morgan fingerprint density at radius 1 is 1.38 bits per heavy atom. The lowest BCUT2D eigenvalue weighted by Gasteiger charge is -2.37. The zero-order chi connectivity index (χ0) is 15.2. The second kappa shape index (κ2) is 8.11. The molecule has 4 heteroatoms. The Hall–Kier alpha value is -0.640. The molecule has 2 rings (SSSR count). The third-order valence-electron chi connectivity index (χ3n) is 4.17. The third-order valence-corrected chi connectivity index (χ3v) is 4.46. The van der Waals surface area contributed by atoms with Crippen molar-refractivity contribution in [3.8, 4) is 0 Å². The molecule has 1 aromatic carbocycles. The largest absolute Gasteiger partial charge is 0.378 e. The summed E-state index contributed by atoms with van der Waals surface area (Å²) in [5, 5.41) is 3.74. The van der Waals surface area contributed by atoms with Crippen LogP contribution in [0.1, 0.15) is 38.7 Å². The molecule has 0 spiro atoms. The molecule has 0 amide bonds. The first-order valence-corrected chi connectivity index (χ1v) is 8.29. The molecule has 1 fully saturated rings. The van der Waals surface area contributed by atoms with E-state index in [4.69, 9.17) is 16.3 Å². The first-order valence-electron chi connectivity index (χ1n) is 7.91. The highest BCUT2D eigenvalue weighted by Crippen LogP contribution is 2.34. The van der Waals surface area contributed by atoms with Crippen LogP contribution in [0.4, 0.5) is 4.39 Å². The number of ether oxygens (including phenoxy) is 1. The summed E-state index contributed by atoms with van der Waals surface area (Å²) >= 11 is 5.86. The molecule has 0 bridgehead atoms. The van der Waals surface area contributed by atoms with Gasteiger partial charge >= 0.3 is 0 Å². The molecule has 1 aliphatic carbocycles. The number of benzene rings is 1. The molecule has 0 heterocycles. The van der Waals surface area contributed by atoms with E-state index < -0.39 is 0 Å². The minimum Gasteiger partial charge on any atom is -0.378 e. The van der Waals surface area contributed by atoms with E-state index >= 15 is 0 Å². The van der Waals surface area contributed by atoms with Crippen LogP contribution < -0.4 is 5.32 Å². The van der Waals surface area contributed by atoms with Crippen LogP contribution >= 0.6 is 11.6 Å². The van der Waals surface area contributed by atoms with Crippen molar-refractivity contribution < 1.29 is 9.13 Å². The molecule has 0 saturated heterocycles. The lowest BCUT2D eigenvalue weighted by molar-refractivity contribution is -0.0289. The lowest BCUT2D eigenvalue weighted by atomic mass is 9.77. The monoisotopic (exact) mass is 313 g/mol. The number of nitrogens with one attached hydrogen (secondary N) is 1. The van der Waals surface area contributed by atoms with Gasteiger partial charge < -0.3 is 10.1 Å². The fourth-order valence-electron chi connectivity index (χ4n) is 3.12. The first-order chi connectivity index (χ1) is 10.1. The molecule has 1 atom stereocenters. The van der Waals surface area contributed by atoms with E-state index in [9.17, 15) is 4.39 Å². The normalized spacial score (nSPS) is 22.9. The van der Waals surface area contributed by atoms with Crippen molar-refractivity contribution in [3.63, 3.8) is 0 Å². The maximum Gasteiger partial charge on any atom is 0.141 e. The van der Waals surface area contributed by atoms with Crippen LogP contribution in [0.15, 0.2) is 18.2 Å². The Balaban J connectivity index is 1.85. The van der Waals surface area contributed by atoms with Gasteiger partial charge in [-0.25, -0.2) is 4.39 Å². The zero-order valence-electron chi connectivity index (χ0n) is 12.9. The molecule has 21 heavy (non-hydrogen) atoms. The van der Waals surface area contributed by atoms with Gasteiger partial charge in [0.15, 0.2) is 0 Å². The fourth-order valence-corrected chi connectivity index (χ4v) is 3.32. The van der Waals surface area contributed by atoms with Crippen molar-refractivity contribution in [2.75, 3.05) is 13.2 Å². The molecule has 0 radical (unpaired) electrons. The van der Waals surface area contributed by atoms with E-state index in [-0.39, 0.29) is 10.8 Å². The minimum absolute atomic E-state index is 0.211. The molecule has 1 N–H and O–H groups in total. The summed E-state index contributed by atoms with van der Waals surface area (Å²) in [5.74, 6) is 0.389. The highest BCUT2D eigenvalue weighted by Gasteiger charge is 2.31. The number of hydrogen-bond acceptors (Lipinski definition) is 2. The van der Waals surface area contributed by atoms with Crippen LogP contribution in [0.5, 0.6) is 0 Å². The van der Waals surface area contributed by atoms with Crippen LogP contribution in [0.3, 0.4) is 0 Å². The van der Waals surface area contributed by atoms with Gasteiger partial charge in [0, 0.05) is 12.6 Å². The maximum absolute atomic E-state index is 13.2. The average Bonchev–Trinajstić information content (AvgIpc) is 2.41. The molecule has 0 aliphatic heterocycles. The summed E-state index contributed by atoms with van der Waals surface area (Å²) in [7, 11) is 0. The van der Waals surface area contributed by atoms with Crippen LogP contribution in [0.2, 0.25) is 5.02 Å². The van der Waals surface area contributed by atoms with E-state index in [1.165, 1.54) is 18.9 Å². The highest BCUT2D eigenvalue weighted by atomic mass is 35.5. The number of halogens is 2. The minimum atomic E-state index is -0.348. The molecule has 0 aromatic heterocycles. The molecule has 1 saturated carbocycles. The van der Waals surface area contributed by atoms with Gasteiger partial charge in [-0.1, -0.05) is 24.6 Å². The molecule has 118 valence electrons. The topological polar surface area (TPSA) is 21.3 Å². The molecule has 1 unspecified atom stereocenters. The maximum atomic E-state index is 13.2. The lowest BCUT2D eigenvalue weighted by Crippen LogP contribution is -2.39. The van der Waals surface area contributed by atoms with Gasteiger partial charge in [-0.05, 0) is 62.8 Å². The molecule has 1 aromatic rings. The van der Waals surface area contributed by atoms with E-state index in [1.807, 2.05) is 13.0 Å². The third kappa shape index (κ3) is 4.94. The second-order valence-corrected chi connectivity index (χ2v) is 6.26. The van der Waals surface area contributed by atoms with Crippen molar-refractivity contribution in [1.82, 2.24) is 5.32 Å². The average molecular weight is 314 g/mol. The number of rotatable bonds is 8. The van der Waals surface area contributed by atoms with Crippen LogP contribution in [0.25, 0.3) is 0 Å². The quantitative estimate of drug-likeness (QED) is 0.776. The predicted molar refractivity (Wildman–Crippen MR) is 85.3 cm³/mol. The van der Waals surface area contributed by atoms with Crippen LogP contribution in [-0.2, 0) is 11.2 Å². The Morgan fingerprint density at radius 3 is 2.76 bits per heavy atom. The molecule has 2 nitrogen and oxygen atoms in total. The van der Waals surface area contributed by atoms with E-state index in [0.29, 0.717) is 12.1 Å². The van der Waals surface area contributed by atoms with Crippen molar-refractivity contribution >= 4 is 11.6 Å². The number of hydrogen-bond donors (Lipinski definition) is 1. The van der Waals surface area contributed by atoms with E-state index in [1.54, 1.807) is 6.07 Å². The summed E-state index contributed by atoms with van der Waals surface area (Å²) in [6, 6.07) is 5.44. The van der Waals surface area contributed by atoms with Crippen LogP contribution in [0, 0.1) is 11.7 Å². The molecular formula is C17H25ClFNO. The van der Waals surface area contributed by atoms with E-state index in [0.717, 1.165) is 37.5 Å². The van der Waals surface area contributed by atoms with Crippen molar-refractivity contribution in [1.29, 1.82) is 0 Å². The van der Waals surface area contributed by atoms with Gasteiger partial charge in [-0.15, -0.1) is 0 Å². The van der Waals surface area contributed by atoms with Gasteiger partial charge in [0.1, 0.15) is 5.82 Å². The van der Waals surface area contributed by atoms with Gasteiger partial charge in [-0.2, -0.15) is 0 Å². The Bertz CT molecular complexity index is 448. The summed E-state index contributed by atoms with van der Waals surface area (Å²) in [6.45, 7) is 5.92.